The second-order valence-corrected chi connectivity index (χ2v) is 7.79. The van der Waals surface area contributed by atoms with Crippen LogP contribution in [0.5, 0.6) is 0 Å². The highest BCUT2D eigenvalue weighted by atomic mass is 16.5. The molecule has 0 aromatic heterocycles. The molecule has 3 atom stereocenters. The van der Waals surface area contributed by atoms with Crippen LogP contribution in [0.3, 0.4) is 0 Å². The van der Waals surface area contributed by atoms with Gasteiger partial charge in [0.05, 0.1) is 5.56 Å². The summed E-state index contributed by atoms with van der Waals surface area (Å²) in [6.07, 6.45) is 3.25. The Bertz CT molecular complexity index is 860. The SMILES string of the molecule is C[C@H]1[C@@H](NC(=O)COC(=O)c2ccc(C(=O)c3ccccc3)cc2)CCC[C@@H]1C. The molecule has 1 aliphatic rings. The Balaban J connectivity index is 1.52. The minimum atomic E-state index is -0.580. The third kappa shape index (κ3) is 5.31. The largest absolute Gasteiger partial charge is 0.452 e. The maximum Gasteiger partial charge on any atom is 0.338 e. The van der Waals surface area contributed by atoms with Gasteiger partial charge in [-0.05, 0) is 30.4 Å². The molecule has 0 aliphatic heterocycles. The topological polar surface area (TPSA) is 72.5 Å². The van der Waals surface area contributed by atoms with Crippen LogP contribution < -0.4 is 5.32 Å². The van der Waals surface area contributed by atoms with E-state index < -0.39 is 5.97 Å². The molecule has 2 aromatic carbocycles. The monoisotopic (exact) mass is 393 g/mol. The number of hydrogen-bond acceptors (Lipinski definition) is 4. The van der Waals surface area contributed by atoms with Crippen molar-refractivity contribution in [2.75, 3.05) is 6.61 Å². The second-order valence-electron chi connectivity index (χ2n) is 7.79. The van der Waals surface area contributed by atoms with Gasteiger partial charge in [0.1, 0.15) is 0 Å². The van der Waals surface area contributed by atoms with Gasteiger partial charge in [-0.3, -0.25) is 9.59 Å². The van der Waals surface area contributed by atoms with Crippen LogP contribution in [0.15, 0.2) is 54.6 Å². The van der Waals surface area contributed by atoms with Crippen LogP contribution in [0.1, 0.15) is 59.4 Å². The van der Waals surface area contributed by atoms with E-state index in [0.29, 0.717) is 28.5 Å². The van der Waals surface area contributed by atoms with Crippen molar-refractivity contribution in [2.24, 2.45) is 11.8 Å². The van der Waals surface area contributed by atoms with Crippen LogP contribution in [0.4, 0.5) is 0 Å². The van der Waals surface area contributed by atoms with Gasteiger partial charge >= 0.3 is 5.97 Å². The molecule has 3 rings (SSSR count). The van der Waals surface area contributed by atoms with Gasteiger partial charge in [-0.25, -0.2) is 4.79 Å². The Kier molecular flexibility index (Phi) is 6.81. The highest BCUT2D eigenvalue weighted by molar-refractivity contribution is 6.09. The fraction of sp³-hybridized carbons (Fsp3) is 0.375. The lowest BCUT2D eigenvalue weighted by Crippen LogP contribution is -2.45. The molecule has 5 nitrogen and oxygen atoms in total. The number of ether oxygens (including phenoxy) is 1. The molecule has 1 N–H and O–H groups in total. The third-order valence-corrected chi connectivity index (χ3v) is 5.81. The first-order chi connectivity index (χ1) is 14.0. The van der Waals surface area contributed by atoms with Gasteiger partial charge in [0.25, 0.3) is 5.91 Å². The Hall–Kier alpha value is -2.95. The number of carbonyl (C=O) groups is 3. The quantitative estimate of drug-likeness (QED) is 0.594. The van der Waals surface area contributed by atoms with Crippen LogP contribution in [-0.2, 0) is 9.53 Å². The fourth-order valence-electron chi connectivity index (χ4n) is 3.76. The van der Waals surface area contributed by atoms with Crippen LogP contribution in [-0.4, -0.2) is 30.3 Å². The van der Waals surface area contributed by atoms with E-state index in [9.17, 15) is 14.4 Å². The lowest BCUT2D eigenvalue weighted by Gasteiger charge is -2.34. The van der Waals surface area contributed by atoms with Crippen LogP contribution >= 0.6 is 0 Å². The first kappa shape index (κ1) is 20.8. The van der Waals surface area contributed by atoms with Crippen LogP contribution in [0, 0.1) is 11.8 Å². The van der Waals surface area contributed by atoms with Crippen molar-refractivity contribution in [3.05, 3.63) is 71.3 Å². The smallest absolute Gasteiger partial charge is 0.338 e. The van der Waals surface area contributed by atoms with E-state index in [4.69, 9.17) is 4.74 Å². The van der Waals surface area contributed by atoms with E-state index >= 15 is 0 Å². The zero-order valence-electron chi connectivity index (χ0n) is 16.9. The van der Waals surface area contributed by atoms with E-state index in [-0.39, 0.29) is 24.3 Å². The Labute approximate surface area is 171 Å². The molecule has 0 heterocycles. The number of ketones is 1. The van der Waals surface area contributed by atoms with Crippen molar-refractivity contribution in [3.63, 3.8) is 0 Å². The molecule has 29 heavy (non-hydrogen) atoms. The van der Waals surface area contributed by atoms with Gasteiger partial charge < -0.3 is 10.1 Å². The third-order valence-electron chi connectivity index (χ3n) is 5.81. The molecular weight excluding hydrogens is 366 g/mol. The van der Waals surface area contributed by atoms with Gasteiger partial charge in [-0.15, -0.1) is 0 Å². The highest BCUT2D eigenvalue weighted by Gasteiger charge is 2.28. The van der Waals surface area contributed by atoms with E-state index in [2.05, 4.69) is 19.2 Å². The molecule has 0 spiro atoms. The summed E-state index contributed by atoms with van der Waals surface area (Å²) < 4.78 is 5.14. The fourth-order valence-corrected chi connectivity index (χ4v) is 3.76. The number of esters is 1. The summed E-state index contributed by atoms with van der Waals surface area (Å²) in [5.74, 6) is 0.0247. The highest BCUT2D eigenvalue weighted by Crippen LogP contribution is 2.29. The van der Waals surface area contributed by atoms with Crippen molar-refractivity contribution in [2.45, 2.75) is 39.2 Å². The average Bonchev–Trinajstić information content (AvgIpc) is 2.75. The van der Waals surface area contributed by atoms with Crippen LogP contribution in [0.25, 0.3) is 0 Å². The molecule has 0 saturated heterocycles. The molecule has 1 saturated carbocycles. The Morgan fingerprint density at radius 2 is 1.52 bits per heavy atom. The summed E-state index contributed by atoms with van der Waals surface area (Å²) in [5, 5.41) is 2.99. The number of nitrogens with one attached hydrogen (secondary N) is 1. The standard InChI is InChI=1S/C24H27NO4/c1-16-7-6-10-21(17(16)2)25-22(26)15-29-24(28)20-13-11-19(12-14-20)23(27)18-8-4-3-5-9-18/h3-5,8-9,11-14,16-17,21H,6-7,10,15H2,1-2H3,(H,25,26)/t16-,17+,21-/m0/s1. The molecule has 1 aliphatic carbocycles. The molecule has 152 valence electrons. The Morgan fingerprint density at radius 3 is 2.21 bits per heavy atom. The van der Waals surface area contributed by atoms with Crippen molar-refractivity contribution in [3.8, 4) is 0 Å². The van der Waals surface area contributed by atoms with Gasteiger partial charge in [-0.2, -0.15) is 0 Å². The molecular formula is C24H27NO4. The van der Waals surface area contributed by atoms with Gasteiger partial charge in [0, 0.05) is 17.2 Å². The molecule has 2 aromatic rings. The number of rotatable bonds is 6. The number of carbonyl (C=O) groups excluding carboxylic acids is 3. The van der Waals surface area contributed by atoms with E-state index in [0.717, 1.165) is 12.8 Å². The summed E-state index contributed by atoms with van der Waals surface area (Å²) in [7, 11) is 0. The number of amides is 1. The lowest BCUT2D eigenvalue weighted by atomic mass is 9.78. The van der Waals surface area contributed by atoms with Gasteiger partial charge in [-0.1, -0.05) is 69.2 Å². The average molecular weight is 393 g/mol. The van der Waals surface area contributed by atoms with Crippen molar-refractivity contribution in [1.82, 2.24) is 5.32 Å². The predicted molar refractivity (Wildman–Crippen MR) is 111 cm³/mol. The summed E-state index contributed by atoms with van der Waals surface area (Å²) >= 11 is 0. The molecule has 0 unspecified atom stereocenters. The first-order valence-electron chi connectivity index (χ1n) is 10.1. The predicted octanol–water partition coefficient (Wildman–Crippen LogP) is 4.02. The van der Waals surface area contributed by atoms with E-state index in [1.807, 2.05) is 6.07 Å². The first-order valence-corrected chi connectivity index (χ1v) is 10.1. The molecule has 1 fully saturated rings. The van der Waals surface area contributed by atoms with E-state index in [1.54, 1.807) is 48.5 Å². The summed E-state index contributed by atoms with van der Waals surface area (Å²) in [4.78, 5) is 36.8. The summed E-state index contributed by atoms with van der Waals surface area (Å²) in [6.45, 7) is 4.05. The maximum atomic E-state index is 12.4. The van der Waals surface area contributed by atoms with Gasteiger partial charge in [0.2, 0.25) is 0 Å². The van der Waals surface area contributed by atoms with Crippen LogP contribution in [0.2, 0.25) is 0 Å². The molecule has 0 bridgehead atoms. The minimum absolute atomic E-state index is 0.110. The lowest BCUT2D eigenvalue weighted by molar-refractivity contribution is -0.125. The summed E-state index contributed by atoms with van der Waals surface area (Å²) in [6, 6.07) is 15.4. The molecule has 1 amide bonds. The van der Waals surface area contributed by atoms with Crippen molar-refractivity contribution >= 4 is 17.7 Å². The molecule has 5 heteroatoms. The van der Waals surface area contributed by atoms with Gasteiger partial charge in [0.15, 0.2) is 12.4 Å². The van der Waals surface area contributed by atoms with E-state index in [1.165, 1.54) is 6.42 Å². The minimum Gasteiger partial charge on any atom is -0.452 e. The zero-order chi connectivity index (χ0) is 20.8. The zero-order valence-corrected chi connectivity index (χ0v) is 16.9. The summed E-state index contributed by atoms with van der Waals surface area (Å²) in [5.41, 5.74) is 1.39. The normalized spacial score (nSPS) is 21.2. The van der Waals surface area contributed by atoms with Crippen molar-refractivity contribution < 1.29 is 19.1 Å². The van der Waals surface area contributed by atoms with Crippen molar-refractivity contribution in [1.29, 1.82) is 0 Å². The number of benzene rings is 2. The Morgan fingerprint density at radius 1 is 0.897 bits per heavy atom. The second kappa shape index (κ2) is 9.50. The maximum absolute atomic E-state index is 12.4. The number of hydrogen-bond donors (Lipinski definition) is 1. The molecule has 0 radical (unpaired) electrons.